The Bertz CT molecular complexity index is 243. The molecule has 2 N–H and O–H groups in total. The Labute approximate surface area is 115 Å². The molecule has 1 heterocycles. The molecule has 0 aromatic heterocycles. The molecule has 0 radical (unpaired) electrons. The summed E-state index contributed by atoms with van der Waals surface area (Å²) < 4.78 is 0. The third-order valence-corrected chi connectivity index (χ3v) is 2.99. The molecule has 1 saturated heterocycles. The lowest BCUT2D eigenvalue weighted by molar-refractivity contribution is 0.188. The van der Waals surface area contributed by atoms with Crippen molar-refractivity contribution in [2.75, 3.05) is 26.2 Å². The van der Waals surface area contributed by atoms with Crippen LogP contribution in [0.25, 0.3) is 0 Å². The van der Waals surface area contributed by atoms with Gasteiger partial charge >= 0.3 is 0 Å². The molecular weight excluding hydrogens is 317 g/mol. The van der Waals surface area contributed by atoms with Gasteiger partial charge in [-0.1, -0.05) is 0 Å². The van der Waals surface area contributed by atoms with E-state index in [0.717, 1.165) is 44.5 Å². The van der Waals surface area contributed by atoms with Gasteiger partial charge in [-0.05, 0) is 32.1 Å². The first-order valence-electron chi connectivity index (χ1n) is 6.01. The molecule has 1 aliphatic carbocycles. The van der Waals surface area contributed by atoms with E-state index in [0.29, 0.717) is 0 Å². The number of β-amino-alcohol motifs (C(OH)–C–C–N with tert-alkyl or cyclic N) is 1. The van der Waals surface area contributed by atoms with Crippen molar-refractivity contribution in [3.05, 3.63) is 0 Å². The van der Waals surface area contributed by atoms with Gasteiger partial charge in [-0.25, -0.2) is 0 Å². The number of hydrogen-bond acceptors (Lipinski definition) is 2. The predicted molar refractivity (Wildman–Crippen MR) is 76.3 cm³/mol. The van der Waals surface area contributed by atoms with Crippen molar-refractivity contribution >= 4 is 29.9 Å². The minimum Gasteiger partial charge on any atom is -0.391 e. The molecule has 2 fully saturated rings. The van der Waals surface area contributed by atoms with Crippen molar-refractivity contribution in [2.45, 2.75) is 32.3 Å². The third kappa shape index (κ3) is 4.08. The fourth-order valence-electron chi connectivity index (χ4n) is 1.88. The Morgan fingerprint density at radius 2 is 2.19 bits per heavy atom. The van der Waals surface area contributed by atoms with Crippen LogP contribution in [0.5, 0.6) is 0 Å². The highest BCUT2D eigenvalue weighted by molar-refractivity contribution is 14.0. The number of nitrogens with zero attached hydrogens (tertiary/aromatic N) is 2. The van der Waals surface area contributed by atoms with Gasteiger partial charge in [0.15, 0.2) is 5.96 Å². The molecular formula is C11H22IN3O. The Kier molecular flexibility index (Phi) is 5.82. The average Bonchev–Trinajstić information content (AvgIpc) is 2.95. The molecule has 0 spiro atoms. The zero-order chi connectivity index (χ0) is 10.7. The molecule has 4 nitrogen and oxygen atoms in total. The Hall–Kier alpha value is -0.0400. The van der Waals surface area contributed by atoms with Gasteiger partial charge < -0.3 is 15.3 Å². The predicted octanol–water partition coefficient (Wildman–Crippen LogP) is 1.05. The molecule has 0 bridgehead atoms. The summed E-state index contributed by atoms with van der Waals surface area (Å²) in [5.41, 5.74) is 0. The minimum absolute atomic E-state index is 0. The van der Waals surface area contributed by atoms with Crippen molar-refractivity contribution < 1.29 is 5.11 Å². The second-order valence-corrected chi connectivity index (χ2v) is 4.53. The molecule has 0 aromatic carbocycles. The highest BCUT2D eigenvalue weighted by Gasteiger charge is 2.24. The number of halogens is 1. The Morgan fingerprint density at radius 3 is 2.69 bits per heavy atom. The summed E-state index contributed by atoms with van der Waals surface area (Å²) in [7, 11) is 0. The van der Waals surface area contributed by atoms with Gasteiger partial charge in [0.05, 0.1) is 6.10 Å². The van der Waals surface area contributed by atoms with Gasteiger partial charge in [-0.15, -0.1) is 24.0 Å². The molecule has 5 heteroatoms. The van der Waals surface area contributed by atoms with E-state index in [9.17, 15) is 5.11 Å². The van der Waals surface area contributed by atoms with Crippen molar-refractivity contribution in [2.24, 2.45) is 10.9 Å². The number of likely N-dealkylation sites (tertiary alicyclic amines) is 1. The highest BCUT2D eigenvalue weighted by Crippen LogP contribution is 2.28. The third-order valence-electron chi connectivity index (χ3n) is 2.99. The summed E-state index contributed by atoms with van der Waals surface area (Å²) in [4.78, 5) is 6.78. The first-order valence-corrected chi connectivity index (χ1v) is 6.01. The first kappa shape index (κ1) is 14.0. The standard InChI is InChI=1S/C11H21N3O.HI/c1-2-12-11(13-7-9-3-4-9)14-6-5-10(15)8-14;/h9-10,15H,2-8H2,1H3,(H,12,13);1H/t10-;/m1./s1. The number of aliphatic hydroxyl groups is 1. The van der Waals surface area contributed by atoms with Crippen LogP contribution in [-0.4, -0.2) is 48.2 Å². The van der Waals surface area contributed by atoms with Gasteiger partial charge in [0.25, 0.3) is 0 Å². The number of aliphatic imine (C=N–C) groups is 1. The summed E-state index contributed by atoms with van der Waals surface area (Å²) in [5.74, 6) is 1.81. The quantitative estimate of drug-likeness (QED) is 0.459. The van der Waals surface area contributed by atoms with Crippen molar-refractivity contribution in [3.8, 4) is 0 Å². The fraction of sp³-hybridized carbons (Fsp3) is 0.909. The lowest BCUT2D eigenvalue weighted by Crippen LogP contribution is -2.40. The monoisotopic (exact) mass is 339 g/mol. The molecule has 16 heavy (non-hydrogen) atoms. The molecule has 1 aliphatic heterocycles. The Morgan fingerprint density at radius 1 is 1.44 bits per heavy atom. The fourth-order valence-corrected chi connectivity index (χ4v) is 1.88. The second-order valence-electron chi connectivity index (χ2n) is 4.53. The summed E-state index contributed by atoms with van der Waals surface area (Å²) in [6.45, 7) is 5.60. The maximum atomic E-state index is 9.48. The minimum atomic E-state index is -0.171. The summed E-state index contributed by atoms with van der Waals surface area (Å²) in [5, 5.41) is 12.8. The molecule has 2 aliphatic rings. The largest absolute Gasteiger partial charge is 0.391 e. The molecule has 0 unspecified atom stereocenters. The Balaban J connectivity index is 0.00000128. The number of hydrogen-bond donors (Lipinski definition) is 2. The molecule has 2 rings (SSSR count). The van der Waals surface area contributed by atoms with Crippen LogP contribution >= 0.6 is 24.0 Å². The lowest BCUT2D eigenvalue weighted by atomic mass is 10.3. The van der Waals surface area contributed by atoms with Gasteiger partial charge in [0.2, 0.25) is 0 Å². The lowest BCUT2D eigenvalue weighted by Gasteiger charge is -2.20. The number of rotatable bonds is 3. The van der Waals surface area contributed by atoms with Crippen molar-refractivity contribution in [1.29, 1.82) is 0 Å². The van der Waals surface area contributed by atoms with Gasteiger partial charge in [-0.3, -0.25) is 4.99 Å². The summed E-state index contributed by atoms with van der Waals surface area (Å²) in [6, 6.07) is 0. The van der Waals surface area contributed by atoms with Crippen molar-refractivity contribution in [1.82, 2.24) is 10.2 Å². The topological polar surface area (TPSA) is 47.9 Å². The van der Waals surface area contributed by atoms with E-state index in [1.165, 1.54) is 12.8 Å². The van der Waals surface area contributed by atoms with Gasteiger partial charge in [0, 0.05) is 26.2 Å². The van der Waals surface area contributed by atoms with Crippen LogP contribution in [0.4, 0.5) is 0 Å². The van der Waals surface area contributed by atoms with Crippen LogP contribution in [0, 0.1) is 5.92 Å². The maximum Gasteiger partial charge on any atom is 0.194 e. The molecule has 94 valence electrons. The van der Waals surface area contributed by atoms with Gasteiger partial charge in [-0.2, -0.15) is 0 Å². The number of aliphatic hydroxyl groups excluding tert-OH is 1. The van der Waals surface area contributed by atoms with Crippen LogP contribution in [-0.2, 0) is 0 Å². The van der Waals surface area contributed by atoms with E-state index in [2.05, 4.69) is 22.1 Å². The SMILES string of the molecule is CCNC(=NCC1CC1)N1CC[C@@H](O)C1.I. The van der Waals surface area contributed by atoms with Crippen molar-refractivity contribution in [3.63, 3.8) is 0 Å². The summed E-state index contributed by atoms with van der Waals surface area (Å²) >= 11 is 0. The van der Waals surface area contributed by atoms with E-state index in [-0.39, 0.29) is 30.1 Å². The van der Waals surface area contributed by atoms with Crippen LogP contribution in [0.2, 0.25) is 0 Å². The smallest absolute Gasteiger partial charge is 0.194 e. The van der Waals surface area contributed by atoms with Crippen LogP contribution in [0.3, 0.4) is 0 Å². The summed E-state index contributed by atoms with van der Waals surface area (Å²) in [6.07, 6.45) is 3.38. The molecule has 1 atom stereocenters. The number of nitrogens with one attached hydrogen (secondary N) is 1. The average molecular weight is 339 g/mol. The zero-order valence-electron chi connectivity index (χ0n) is 9.85. The maximum absolute atomic E-state index is 9.48. The molecule has 0 aromatic rings. The van der Waals surface area contributed by atoms with E-state index in [1.54, 1.807) is 0 Å². The van der Waals surface area contributed by atoms with Crippen LogP contribution in [0.1, 0.15) is 26.2 Å². The number of guanidine groups is 1. The normalized spacial score (nSPS) is 25.5. The van der Waals surface area contributed by atoms with E-state index >= 15 is 0 Å². The van der Waals surface area contributed by atoms with E-state index in [4.69, 9.17) is 0 Å². The van der Waals surface area contributed by atoms with Crippen LogP contribution < -0.4 is 5.32 Å². The first-order chi connectivity index (χ1) is 7.29. The molecule has 1 saturated carbocycles. The molecule has 0 amide bonds. The van der Waals surface area contributed by atoms with Crippen LogP contribution in [0.15, 0.2) is 4.99 Å². The highest BCUT2D eigenvalue weighted by atomic mass is 127. The zero-order valence-corrected chi connectivity index (χ0v) is 12.2. The second kappa shape index (κ2) is 6.64. The van der Waals surface area contributed by atoms with Gasteiger partial charge in [0.1, 0.15) is 0 Å². The van der Waals surface area contributed by atoms with E-state index < -0.39 is 0 Å². The van der Waals surface area contributed by atoms with E-state index in [1.807, 2.05) is 0 Å².